The van der Waals surface area contributed by atoms with Crippen LogP contribution in [0.1, 0.15) is 0 Å². The van der Waals surface area contributed by atoms with Crippen molar-refractivity contribution in [2.45, 2.75) is 4.21 Å². The summed E-state index contributed by atoms with van der Waals surface area (Å²) in [6.45, 7) is 0. The van der Waals surface area contributed by atoms with Gasteiger partial charge >= 0.3 is 0 Å². The van der Waals surface area contributed by atoms with Crippen molar-refractivity contribution in [2.75, 3.05) is 4.72 Å². The molecule has 0 atom stereocenters. The molecule has 0 aliphatic heterocycles. The third kappa shape index (κ3) is 3.38. The fourth-order valence-corrected chi connectivity index (χ4v) is 4.29. The van der Waals surface area contributed by atoms with Gasteiger partial charge in [-0.3, -0.25) is 14.8 Å². The fraction of sp³-hybridized carbons (Fsp3) is 0. The van der Waals surface area contributed by atoms with Gasteiger partial charge in [-0.1, -0.05) is 23.2 Å². The Labute approximate surface area is 132 Å². The van der Waals surface area contributed by atoms with Crippen LogP contribution in [0.3, 0.4) is 0 Å². The Balaban J connectivity index is 2.38. The van der Waals surface area contributed by atoms with Gasteiger partial charge < -0.3 is 5.11 Å². The minimum atomic E-state index is -4.11. The lowest BCUT2D eigenvalue weighted by atomic mass is 10.3. The Bertz CT molecular complexity index is 819. The molecule has 0 unspecified atom stereocenters. The summed E-state index contributed by atoms with van der Waals surface area (Å²) in [5, 5.41) is 20.5. The Morgan fingerprint density at radius 3 is 2.48 bits per heavy atom. The first-order valence-corrected chi connectivity index (χ1v) is 8.21. The molecule has 0 spiro atoms. The van der Waals surface area contributed by atoms with E-state index in [0.717, 1.165) is 12.1 Å². The number of rotatable bonds is 4. The molecule has 0 aliphatic carbocycles. The molecule has 7 nitrogen and oxygen atoms in total. The molecule has 2 rings (SSSR count). The Morgan fingerprint density at radius 1 is 1.29 bits per heavy atom. The van der Waals surface area contributed by atoms with E-state index in [0.29, 0.717) is 11.3 Å². The smallest absolute Gasteiger partial charge is 0.300 e. The standard InChI is InChI=1S/C10H6Cl2N2O5S2/c11-5-1-2-6(8(15)3-5)13-21(18,19)9-4-7(14(16)17)10(12)20-9/h1-4,13,15H. The normalized spacial score (nSPS) is 11.3. The molecule has 21 heavy (non-hydrogen) atoms. The summed E-state index contributed by atoms with van der Waals surface area (Å²) in [6.07, 6.45) is 0. The van der Waals surface area contributed by atoms with Crippen LogP contribution in [0.15, 0.2) is 28.5 Å². The topological polar surface area (TPSA) is 110 Å². The second kappa shape index (κ2) is 5.68. The van der Waals surface area contributed by atoms with Crippen LogP contribution in [0, 0.1) is 10.1 Å². The lowest BCUT2D eigenvalue weighted by Crippen LogP contribution is -2.11. The molecule has 1 aromatic heterocycles. The van der Waals surface area contributed by atoms with E-state index in [9.17, 15) is 23.6 Å². The third-order valence-corrected chi connectivity index (χ3v) is 5.72. The van der Waals surface area contributed by atoms with E-state index in [-0.39, 0.29) is 25.0 Å². The van der Waals surface area contributed by atoms with E-state index >= 15 is 0 Å². The quantitative estimate of drug-likeness (QED) is 0.487. The zero-order valence-electron chi connectivity index (χ0n) is 9.91. The van der Waals surface area contributed by atoms with Crippen molar-refractivity contribution in [3.05, 3.63) is 43.7 Å². The summed E-state index contributed by atoms with van der Waals surface area (Å²) in [5.41, 5.74) is -0.603. The highest BCUT2D eigenvalue weighted by molar-refractivity contribution is 7.94. The van der Waals surface area contributed by atoms with Crippen LogP contribution in [-0.4, -0.2) is 18.4 Å². The molecule has 0 saturated carbocycles. The first-order valence-electron chi connectivity index (χ1n) is 5.16. The van der Waals surface area contributed by atoms with Crippen molar-refractivity contribution < 1.29 is 18.4 Å². The highest BCUT2D eigenvalue weighted by atomic mass is 35.5. The summed E-state index contributed by atoms with van der Waals surface area (Å²) in [6, 6.07) is 4.65. The van der Waals surface area contributed by atoms with Crippen LogP contribution < -0.4 is 4.72 Å². The van der Waals surface area contributed by atoms with Gasteiger partial charge in [-0.15, -0.1) is 11.3 Å². The molecule has 0 bridgehead atoms. The van der Waals surface area contributed by atoms with Crippen molar-refractivity contribution in [1.82, 2.24) is 0 Å². The van der Waals surface area contributed by atoms with Gasteiger partial charge in [0.25, 0.3) is 15.7 Å². The largest absolute Gasteiger partial charge is 0.506 e. The number of benzene rings is 1. The van der Waals surface area contributed by atoms with Crippen molar-refractivity contribution in [3.63, 3.8) is 0 Å². The van der Waals surface area contributed by atoms with Gasteiger partial charge in [-0.25, -0.2) is 8.42 Å². The zero-order valence-corrected chi connectivity index (χ0v) is 13.1. The number of anilines is 1. The lowest BCUT2D eigenvalue weighted by Gasteiger charge is -2.07. The first kappa shape index (κ1) is 15.8. The molecule has 112 valence electrons. The van der Waals surface area contributed by atoms with E-state index in [1.54, 1.807) is 0 Å². The average molecular weight is 369 g/mol. The monoisotopic (exact) mass is 368 g/mol. The predicted molar refractivity (Wildman–Crippen MR) is 79.9 cm³/mol. The fourth-order valence-electron chi connectivity index (χ4n) is 1.38. The van der Waals surface area contributed by atoms with E-state index in [1.165, 1.54) is 12.1 Å². The van der Waals surface area contributed by atoms with Crippen LogP contribution >= 0.6 is 34.5 Å². The molecule has 11 heteroatoms. The molecule has 1 heterocycles. The summed E-state index contributed by atoms with van der Waals surface area (Å²) < 4.78 is 25.7. The molecule has 0 saturated heterocycles. The Hall–Kier alpha value is -1.55. The molecule has 0 aliphatic rings. The maximum Gasteiger partial charge on any atom is 0.300 e. The Kier molecular flexibility index (Phi) is 4.28. The maximum atomic E-state index is 12.1. The van der Waals surface area contributed by atoms with Crippen molar-refractivity contribution >= 4 is 55.9 Å². The van der Waals surface area contributed by atoms with Crippen LogP contribution in [0.2, 0.25) is 9.36 Å². The number of hydrogen-bond donors (Lipinski definition) is 2. The zero-order chi connectivity index (χ0) is 15.8. The number of hydrogen-bond acceptors (Lipinski definition) is 6. The molecule has 0 amide bonds. The van der Waals surface area contributed by atoms with E-state index < -0.39 is 20.6 Å². The molecular formula is C10H6Cl2N2O5S2. The second-order valence-electron chi connectivity index (χ2n) is 3.75. The van der Waals surface area contributed by atoms with E-state index in [1.807, 2.05) is 0 Å². The van der Waals surface area contributed by atoms with Gasteiger partial charge in [0.2, 0.25) is 0 Å². The van der Waals surface area contributed by atoms with Gasteiger partial charge in [0.15, 0.2) is 4.34 Å². The molecule has 0 radical (unpaired) electrons. The highest BCUT2D eigenvalue weighted by Gasteiger charge is 2.26. The first-order chi connectivity index (χ1) is 9.70. The summed E-state index contributed by atoms with van der Waals surface area (Å²) >= 11 is 11.8. The van der Waals surface area contributed by atoms with Crippen molar-refractivity contribution in [2.24, 2.45) is 0 Å². The third-order valence-electron chi connectivity index (χ3n) is 2.31. The van der Waals surface area contributed by atoms with E-state index in [4.69, 9.17) is 23.2 Å². The highest BCUT2D eigenvalue weighted by Crippen LogP contribution is 2.37. The number of nitro groups is 1. The predicted octanol–water partition coefficient (Wildman–Crippen LogP) is 3.47. The van der Waals surface area contributed by atoms with Gasteiger partial charge in [0.1, 0.15) is 9.96 Å². The number of nitrogens with zero attached hydrogens (tertiary/aromatic N) is 1. The van der Waals surface area contributed by atoms with Gasteiger partial charge in [0, 0.05) is 17.2 Å². The summed E-state index contributed by atoms with van der Waals surface area (Å²) in [4.78, 5) is 9.89. The molecule has 1 aromatic carbocycles. The molecule has 0 fully saturated rings. The lowest BCUT2D eigenvalue weighted by molar-refractivity contribution is -0.384. The Morgan fingerprint density at radius 2 is 1.95 bits per heavy atom. The van der Waals surface area contributed by atoms with Gasteiger partial charge in [-0.2, -0.15) is 0 Å². The average Bonchev–Trinajstić information content (AvgIpc) is 2.76. The summed E-state index contributed by atoms with van der Waals surface area (Å²) in [7, 11) is -4.11. The van der Waals surface area contributed by atoms with E-state index in [2.05, 4.69) is 4.72 Å². The SMILES string of the molecule is O=[N+]([O-])c1cc(S(=O)(=O)Nc2ccc(Cl)cc2O)sc1Cl. The van der Waals surface area contributed by atoms with Gasteiger partial charge in [-0.05, 0) is 12.1 Å². The molecular weight excluding hydrogens is 363 g/mol. The van der Waals surface area contributed by atoms with Crippen LogP contribution in [0.4, 0.5) is 11.4 Å². The maximum absolute atomic E-state index is 12.1. The summed E-state index contributed by atoms with van der Waals surface area (Å²) in [5.74, 6) is -0.372. The van der Waals surface area contributed by atoms with Gasteiger partial charge in [0.05, 0.1) is 10.6 Å². The van der Waals surface area contributed by atoms with Crippen molar-refractivity contribution in [3.8, 4) is 5.75 Å². The van der Waals surface area contributed by atoms with Crippen LogP contribution in [0.5, 0.6) is 5.75 Å². The van der Waals surface area contributed by atoms with Crippen LogP contribution in [0.25, 0.3) is 0 Å². The number of phenolic OH excluding ortho intramolecular Hbond substituents is 1. The number of thiophene rings is 1. The molecule has 2 N–H and O–H groups in total. The van der Waals surface area contributed by atoms with Crippen LogP contribution in [-0.2, 0) is 10.0 Å². The number of sulfonamides is 1. The number of phenols is 1. The molecule has 2 aromatic rings. The minimum Gasteiger partial charge on any atom is -0.506 e. The number of aromatic hydroxyl groups is 1. The number of nitrogens with one attached hydrogen (secondary N) is 1. The second-order valence-corrected chi connectivity index (χ2v) is 7.75. The minimum absolute atomic E-state index is 0.105. The van der Waals surface area contributed by atoms with Crippen molar-refractivity contribution in [1.29, 1.82) is 0 Å². The number of halogens is 2.